The van der Waals surface area contributed by atoms with Gasteiger partial charge < -0.3 is 11.1 Å². The van der Waals surface area contributed by atoms with Crippen LogP contribution in [0.4, 0.5) is 5.69 Å². The lowest BCUT2D eigenvalue weighted by molar-refractivity contribution is -0.117. The highest BCUT2D eigenvalue weighted by molar-refractivity contribution is 6.34. The molecule has 0 saturated carbocycles. The first-order chi connectivity index (χ1) is 6.74. The van der Waals surface area contributed by atoms with Gasteiger partial charge in [-0.05, 0) is 24.6 Å². The molecule has 1 unspecified atom stereocenters. The van der Waals surface area contributed by atoms with Crippen molar-refractivity contribution < 1.29 is 4.79 Å². The zero-order chi connectivity index (χ0) is 10.1. The van der Waals surface area contributed by atoms with Crippen molar-refractivity contribution in [1.29, 1.82) is 0 Å². The zero-order valence-electron chi connectivity index (χ0n) is 7.59. The van der Waals surface area contributed by atoms with E-state index in [9.17, 15) is 4.79 Å². The van der Waals surface area contributed by atoms with Crippen LogP contribution in [0.15, 0.2) is 18.2 Å². The van der Waals surface area contributed by atoms with E-state index in [4.69, 9.17) is 17.3 Å². The average molecular weight is 211 g/mol. The van der Waals surface area contributed by atoms with Gasteiger partial charge in [0.1, 0.15) is 0 Å². The fraction of sp³-hybridized carbons (Fsp3) is 0.300. The van der Waals surface area contributed by atoms with Crippen LogP contribution in [0.3, 0.4) is 0 Å². The predicted octanol–water partition coefficient (Wildman–Crippen LogP) is 1.72. The molecule has 0 saturated heterocycles. The molecule has 2 rings (SSSR count). The van der Waals surface area contributed by atoms with Crippen LogP contribution in [0.1, 0.15) is 17.9 Å². The van der Waals surface area contributed by atoms with Crippen molar-refractivity contribution in [2.45, 2.75) is 12.3 Å². The molecule has 1 aliphatic rings. The third-order valence-electron chi connectivity index (χ3n) is 2.44. The highest BCUT2D eigenvalue weighted by Crippen LogP contribution is 2.38. The highest BCUT2D eigenvalue weighted by Gasteiger charge is 2.30. The van der Waals surface area contributed by atoms with Gasteiger partial charge in [-0.2, -0.15) is 0 Å². The van der Waals surface area contributed by atoms with E-state index >= 15 is 0 Å². The molecule has 0 spiro atoms. The largest absolute Gasteiger partial charge is 0.330 e. The first-order valence-electron chi connectivity index (χ1n) is 4.53. The summed E-state index contributed by atoms with van der Waals surface area (Å²) in [5, 5.41) is 3.37. The summed E-state index contributed by atoms with van der Waals surface area (Å²) in [6, 6.07) is 5.54. The fourth-order valence-corrected chi connectivity index (χ4v) is 2.00. The molecule has 1 amide bonds. The SMILES string of the molecule is NCCC1C(=O)Nc2c(Cl)cccc21. The van der Waals surface area contributed by atoms with Gasteiger partial charge in [-0.15, -0.1) is 0 Å². The van der Waals surface area contributed by atoms with Gasteiger partial charge in [0.2, 0.25) is 5.91 Å². The number of hydrogen-bond acceptors (Lipinski definition) is 2. The smallest absolute Gasteiger partial charge is 0.232 e. The van der Waals surface area contributed by atoms with Gasteiger partial charge in [0.05, 0.1) is 16.6 Å². The van der Waals surface area contributed by atoms with Crippen molar-refractivity contribution in [2.75, 3.05) is 11.9 Å². The number of fused-ring (bicyclic) bond motifs is 1. The molecule has 14 heavy (non-hydrogen) atoms. The minimum absolute atomic E-state index is 0.00134. The standard InChI is InChI=1S/C10H11ClN2O/c11-8-3-1-2-6-7(4-5-12)10(14)13-9(6)8/h1-3,7H,4-5,12H2,(H,13,14). The maximum absolute atomic E-state index is 11.5. The zero-order valence-corrected chi connectivity index (χ0v) is 8.34. The number of anilines is 1. The number of carbonyl (C=O) groups excluding carboxylic acids is 1. The third-order valence-corrected chi connectivity index (χ3v) is 2.76. The summed E-state index contributed by atoms with van der Waals surface area (Å²) >= 11 is 5.95. The molecule has 0 bridgehead atoms. The van der Waals surface area contributed by atoms with E-state index < -0.39 is 0 Å². The fourth-order valence-electron chi connectivity index (χ4n) is 1.77. The van der Waals surface area contributed by atoms with E-state index in [2.05, 4.69) is 5.32 Å². The molecule has 0 radical (unpaired) electrons. The second-order valence-electron chi connectivity index (χ2n) is 3.32. The number of halogens is 1. The molecule has 3 N–H and O–H groups in total. The molecular weight excluding hydrogens is 200 g/mol. The molecule has 1 aliphatic heterocycles. The molecule has 4 heteroatoms. The Hall–Kier alpha value is -1.06. The topological polar surface area (TPSA) is 55.1 Å². The van der Waals surface area contributed by atoms with E-state index in [0.29, 0.717) is 18.0 Å². The number of carbonyl (C=O) groups is 1. The predicted molar refractivity (Wildman–Crippen MR) is 56.5 cm³/mol. The number of rotatable bonds is 2. The minimum Gasteiger partial charge on any atom is -0.330 e. The molecule has 1 aromatic carbocycles. The number of nitrogens with two attached hydrogens (primary N) is 1. The summed E-state index contributed by atoms with van der Waals surface area (Å²) in [6.45, 7) is 0.504. The van der Waals surface area contributed by atoms with Crippen molar-refractivity contribution in [3.05, 3.63) is 28.8 Å². The monoisotopic (exact) mass is 210 g/mol. The molecule has 0 aliphatic carbocycles. The summed E-state index contributed by atoms with van der Waals surface area (Å²) in [5.41, 5.74) is 7.17. The Bertz CT molecular complexity index is 378. The van der Waals surface area contributed by atoms with E-state index in [0.717, 1.165) is 11.3 Å². The van der Waals surface area contributed by atoms with Gasteiger partial charge in [-0.25, -0.2) is 0 Å². The maximum Gasteiger partial charge on any atom is 0.232 e. The lowest BCUT2D eigenvalue weighted by Gasteiger charge is -2.05. The number of benzene rings is 1. The third kappa shape index (κ3) is 1.38. The molecule has 74 valence electrons. The second-order valence-corrected chi connectivity index (χ2v) is 3.73. The van der Waals surface area contributed by atoms with Crippen LogP contribution in [0.25, 0.3) is 0 Å². The molecule has 0 fully saturated rings. The number of nitrogens with one attached hydrogen (secondary N) is 1. The Labute approximate surface area is 87.2 Å². The average Bonchev–Trinajstić information content (AvgIpc) is 2.47. The Morgan fingerprint density at radius 2 is 2.29 bits per heavy atom. The van der Waals surface area contributed by atoms with Gasteiger partial charge in [-0.3, -0.25) is 4.79 Å². The summed E-state index contributed by atoms with van der Waals surface area (Å²) in [4.78, 5) is 11.5. The van der Waals surface area contributed by atoms with E-state index in [1.807, 2.05) is 12.1 Å². The Balaban J connectivity index is 2.42. The lowest BCUT2D eigenvalue weighted by atomic mass is 9.97. The van der Waals surface area contributed by atoms with Gasteiger partial charge >= 0.3 is 0 Å². The van der Waals surface area contributed by atoms with E-state index in [1.165, 1.54) is 0 Å². The maximum atomic E-state index is 11.5. The van der Waals surface area contributed by atoms with Crippen molar-refractivity contribution in [2.24, 2.45) is 5.73 Å². The van der Waals surface area contributed by atoms with E-state index in [1.54, 1.807) is 6.07 Å². The second kappa shape index (κ2) is 3.59. The molecule has 1 atom stereocenters. The van der Waals surface area contributed by atoms with Crippen LogP contribution in [0.5, 0.6) is 0 Å². The van der Waals surface area contributed by atoms with Gasteiger partial charge in [0, 0.05) is 0 Å². The van der Waals surface area contributed by atoms with Crippen molar-refractivity contribution in [3.63, 3.8) is 0 Å². The number of amides is 1. The first kappa shape index (κ1) is 9.49. The normalized spacial score (nSPS) is 19.3. The molecule has 3 nitrogen and oxygen atoms in total. The van der Waals surface area contributed by atoms with Crippen LogP contribution < -0.4 is 11.1 Å². The van der Waals surface area contributed by atoms with Crippen LogP contribution in [-0.4, -0.2) is 12.5 Å². The minimum atomic E-state index is -0.131. The Kier molecular flexibility index (Phi) is 2.44. The van der Waals surface area contributed by atoms with Gasteiger partial charge in [0.25, 0.3) is 0 Å². The Morgan fingerprint density at radius 1 is 1.50 bits per heavy atom. The number of para-hydroxylation sites is 1. The lowest BCUT2D eigenvalue weighted by Crippen LogP contribution is -2.15. The first-order valence-corrected chi connectivity index (χ1v) is 4.91. The molecular formula is C10H11ClN2O. The quantitative estimate of drug-likeness (QED) is 0.781. The highest BCUT2D eigenvalue weighted by atomic mass is 35.5. The Morgan fingerprint density at radius 3 is 3.00 bits per heavy atom. The molecule has 1 heterocycles. The van der Waals surface area contributed by atoms with Crippen LogP contribution >= 0.6 is 11.6 Å². The summed E-state index contributed by atoms with van der Waals surface area (Å²) in [7, 11) is 0. The van der Waals surface area contributed by atoms with Crippen molar-refractivity contribution in [3.8, 4) is 0 Å². The van der Waals surface area contributed by atoms with Crippen LogP contribution in [-0.2, 0) is 4.79 Å². The van der Waals surface area contributed by atoms with Gasteiger partial charge in [-0.1, -0.05) is 23.7 Å². The number of hydrogen-bond donors (Lipinski definition) is 2. The van der Waals surface area contributed by atoms with Crippen molar-refractivity contribution >= 4 is 23.2 Å². The molecule has 0 aromatic heterocycles. The summed E-state index contributed by atoms with van der Waals surface area (Å²) in [5.74, 6) is -0.132. The summed E-state index contributed by atoms with van der Waals surface area (Å²) < 4.78 is 0. The van der Waals surface area contributed by atoms with E-state index in [-0.39, 0.29) is 11.8 Å². The molecule has 1 aromatic rings. The van der Waals surface area contributed by atoms with Gasteiger partial charge in [0.15, 0.2) is 0 Å². The summed E-state index contributed by atoms with van der Waals surface area (Å²) in [6.07, 6.45) is 0.666. The van der Waals surface area contributed by atoms with Crippen LogP contribution in [0.2, 0.25) is 5.02 Å². The van der Waals surface area contributed by atoms with Crippen molar-refractivity contribution in [1.82, 2.24) is 0 Å². The van der Waals surface area contributed by atoms with Crippen LogP contribution in [0, 0.1) is 0 Å².